The van der Waals surface area contributed by atoms with E-state index in [1.165, 1.54) is 99.9 Å². The molecule has 0 N–H and O–H groups in total. The molecule has 8 aromatic carbocycles. The quantitative estimate of drug-likeness (QED) is 0.0803. The smallest absolute Gasteiger partial charge is 0.171 e. The Morgan fingerprint density at radius 2 is 0.476 bits per heavy atom. The van der Waals surface area contributed by atoms with Gasteiger partial charge in [0.05, 0.1) is 5.41 Å². The third-order valence-corrected chi connectivity index (χ3v) is 23.6. The van der Waals surface area contributed by atoms with Crippen LogP contribution in [0.1, 0.15) is 484 Å². The molecule has 0 unspecified atom stereocenters. The van der Waals surface area contributed by atoms with Crippen molar-refractivity contribution < 1.29 is 17.3 Å². The van der Waals surface area contributed by atoms with Gasteiger partial charge in [-0.2, -0.15) is 13.2 Å². The van der Waals surface area contributed by atoms with Gasteiger partial charge in [0.15, 0.2) is 0 Å². The van der Waals surface area contributed by atoms with Gasteiger partial charge in [-0.1, -0.05) is 493 Å². The summed E-state index contributed by atoms with van der Waals surface area (Å²) in [6.45, 7) is 96.1. The molecule has 0 saturated carbocycles. The highest BCUT2D eigenvalue weighted by atomic mass is 19.4. The molecule has 0 atom stereocenters. The Hall–Kier alpha value is -6.45. The van der Waals surface area contributed by atoms with Crippen LogP contribution in [0.4, 0.5) is 13.2 Å². The van der Waals surface area contributed by atoms with Gasteiger partial charge in [-0.15, -0.1) is 0 Å². The summed E-state index contributed by atoms with van der Waals surface area (Å²) in [7, 11) is 0. The first-order chi connectivity index (χ1) is 57.7. The summed E-state index contributed by atoms with van der Waals surface area (Å²) in [5, 5.41) is 0. The average molecular weight is 1710 g/mol. The number of hydrogen-bond donors (Lipinski definition) is 0. The number of alkyl halides is 3. The van der Waals surface area contributed by atoms with Crippen LogP contribution in [0.5, 0.6) is 0 Å². The van der Waals surface area contributed by atoms with E-state index in [1.54, 1.807) is 17.7 Å². The van der Waals surface area contributed by atoms with Gasteiger partial charge >= 0.3 is 6.18 Å². The fourth-order valence-electron chi connectivity index (χ4n) is 16.9. The van der Waals surface area contributed by atoms with Crippen LogP contribution < -0.4 is 0 Å². The van der Waals surface area contributed by atoms with Crippen molar-refractivity contribution in [1.82, 2.24) is 0 Å². The van der Waals surface area contributed by atoms with Crippen molar-refractivity contribution in [3.05, 3.63) is 283 Å². The first-order valence-electron chi connectivity index (χ1n) is 49.5. The fourth-order valence-corrected chi connectivity index (χ4v) is 16.9. The number of hydrogen-bond acceptors (Lipinski definition) is 0. The maximum Gasteiger partial charge on any atom is 0.394 e. The lowest BCUT2D eigenvalue weighted by molar-refractivity contribution is -0.211. The van der Waals surface area contributed by atoms with Crippen molar-refractivity contribution in [2.24, 2.45) is 16.7 Å². The molecule has 0 aliphatic rings. The Morgan fingerprint density at radius 1 is 0.242 bits per heavy atom. The minimum Gasteiger partial charge on any atom is -0.171 e. The molecule has 696 valence electrons. The van der Waals surface area contributed by atoms with E-state index >= 15 is 0 Å². The van der Waals surface area contributed by atoms with Crippen LogP contribution in [0, 0.1) is 16.7 Å². The van der Waals surface area contributed by atoms with Gasteiger partial charge in [0, 0.05) is 4.11 Å². The van der Waals surface area contributed by atoms with Gasteiger partial charge < -0.3 is 0 Å². The number of rotatable bonds is 18. The highest BCUT2D eigenvalue weighted by molar-refractivity contribution is 5.45. The zero-order valence-corrected chi connectivity index (χ0v) is 88.5. The van der Waals surface area contributed by atoms with Crippen LogP contribution in [-0.4, -0.2) is 6.18 Å². The summed E-state index contributed by atoms with van der Waals surface area (Å²) in [6, 6.07) is 66.2. The highest BCUT2D eigenvalue weighted by Gasteiger charge is 2.47. The summed E-state index contributed by atoms with van der Waals surface area (Å²) in [5.74, 6) is 0.542. The summed E-state index contributed by atoms with van der Waals surface area (Å²) in [4.78, 5) is 0. The van der Waals surface area contributed by atoms with Crippen LogP contribution in [0.3, 0.4) is 0 Å². The largest absolute Gasteiger partial charge is 0.394 e. The van der Waals surface area contributed by atoms with E-state index in [0.717, 1.165) is 79.0 Å². The molecule has 0 spiro atoms. The summed E-state index contributed by atoms with van der Waals surface area (Å²) < 4.78 is 65.3. The molecule has 0 aromatic heterocycles. The minimum absolute atomic E-state index is 0.0178. The molecular formula is C121H191F3. The molecule has 0 nitrogen and oxygen atoms in total. The van der Waals surface area contributed by atoms with Crippen LogP contribution in [0.15, 0.2) is 188 Å². The van der Waals surface area contributed by atoms with E-state index < -0.39 is 29.3 Å². The second kappa shape index (κ2) is 49.9. The maximum atomic E-state index is 12.9. The normalized spacial score (nSPS) is 13.2. The van der Waals surface area contributed by atoms with Gasteiger partial charge in [-0.05, 0) is 255 Å². The predicted molar refractivity (Wildman–Crippen MR) is 552 cm³/mol. The topological polar surface area (TPSA) is 0 Å². The van der Waals surface area contributed by atoms with Crippen molar-refractivity contribution in [1.29, 1.82) is 0 Å². The van der Waals surface area contributed by atoms with Gasteiger partial charge in [0.2, 0.25) is 0 Å². The molecule has 8 rings (SSSR count). The summed E-state index contributed by atoms with van der Waals surface area (Å²) in [5.41, 5.74) is 22.8. The second-order valence-electron chi connectivity index (χ2n) is 46.7. The zero-order chi connectivity index (χ0) is 98.7. The van der Waals surface area contributed by atoms with E-state index in [9.17, 15) is 13.2 Å². The first-order valence-corrected chi connectivity index (χ1v) is 48.0. The van der Waals surface area contributed by atoms with Crippen LogP contribution in [0.25, 0.3) is 0 Å². The molecule has 0 fully saturated rings. The first kappa shape index (κ1) is 110. The third kappa shape index (κ3) is 38.9. The minimum atomic E-state index is -4.18. The van der Waals surface area contributed by atoms with E-state index in [1.807, 2.05) is 32.9 Å². The molecule has 0 amide bonds. The van der Waals surface area contributed by atoms with Gasteiger partial charge in [-0.25, -0.2) is 0 Å². The maximum absolute atomic E-state index is 12.9. The Labute approximate surface area is 771 Å². The molecule has 0 radical (unpaired) electrons. The van der Waals surface area contributed by atoms with Crippen molar-refractivity contribution >= 4 is 0 Å². The van der Waals surface area contributed by atoms with Gasteiger partial charge in [0.1, 0.15) is 0 Å². The van der Waals surface area contributed by atoms with E-state index in [2.05, 4.69) is 434 Å². The second-order valence-corrected chi connectivity index (χ2v) is 46.7. The zero-order valence-electron chi connectivity index (χ0n) is 91.5. The Morgan fingerprint density at radius 3 is 0.742 bits per heavy atom. The Kier molecular flexibility index (Phi) is 44.2. The Balaban J connectivity index is 0.000000729. The van der Waals surface area contributed by atoms with Crippen LogP contribution in [-0.2, 0) is 68.0 Å². The highest BCUT2D eigenvalue weighted by Crippen LogP contribution is 2.45. The van der Waals surface area contributed by atoms with E-state index in [-0.39, 0.29) is 55.2 Å². The van der Waals surface area contributed by atoms with Gasteiger partial charge in [-0.3, -0.25) is 0 Å². The molecular weight excluding hydrogens is 1510 g/mol. The Bertz CT molecular complexity index is 4390. The molecule has 0 aliphatic carbocycles. The van der Waals surface area contributed by atoms with Gasteiger partial charge in [0.25, 0.3) is 0 Å². The molecule has 0 heterocycles. The monoisotopic (exact) mass is 1700 g/mol. The molecule has 0 saturated heterocycles. The third-order valence-electron chi connectivity index (χ3n) is 23.6. The molecule has 124 heavy (non-hydrogen) atoms. The van der Waals surface area contributed by atoms with Crippen LogP contribution in [0.2, 0.25) is 0 Å². The SMILES string of the molecule is CC(C)(C)Cc1ccccc1C(C)(C)C.CC(C)(C)c1ccccc1C(C)(C)C.CC(C)(C)c1ccccc1CC(C)(C)C(F)(F)F.CC(C)Cc1ccccc1C(C)(C)C.CC(C)c1ccccc1C(C)(C)C.CCC(CC)c1ccccc1C(C)(C)C.[2H]C(CC)(CC)c1cccc(C([2H])(CC)CC)c1C(C)(C)C.[2H]C(CC)(CC)c1ccccc1C(C)(C)C. The average Bonchev–Trinajstić information content (AvgIpc) is 0.753. The number of benzene rings is 8. The van der Waals surface area contributed by atoms with E-state index in [4.69, 9.17) is 4.11 Å². The van der Waals surface area contributed by atoms with E-state index in [0.29, 0.717) is 11.3 Å². The molecule has 3 heteroatoms. The lowest BCUT2D eigenvalue weighted by Crippen LogP contribution is -2.34. The summed E-state index contributed by atoms with van der Waals surface area (Å²) in [6.07, 6.45) is 5.62. The number of halogens is 3. The van der Waals surface area contributed by atoms with Crippen LogP contribution >= 0.6 is 0 Å². The molecule has 0 bridgehead atoms. The standard InChI is InChI=1S/C20H34.C15H21F3.3C15H24.2C14H22.C13H20/c1-8-15(9-2)17-13-12-14-18(16(10-3)11-4)19(17)20(5,6)7;1-13(2,3)12-9-7-6-8-11(12)10-14(4,5)15(16,17)18;1-14(2,3)11-12-9-7-8-10-13(12)15(4,5)6;2*1-6-12(7-2)13-10-8-9-11-14(13)15(3,4)5;1-13(2,3)11-9-7-8-10-12(11)14(4,5)6;1-11(2)10-12-8-6-7-9-13(12)14(3,4)5;1-10(2)11-8-6-7-9-12(11)13(3,4)5/h12-16H,8-11H2,1-7H3;6-9H,10H2,1-5H3;7-10H,11H2,1-6H3;2*8-12H,6-7H2,1-5H3;7-10H,1-6H3;6-9,11H,10H2,1-5H3;6-10H,1-5H3/i15D,16D;;;12D;;;;. The predicted octanol–water partition coefficient (Wildman–Crippen LogP) is 38.8. The van der Waals surface area contributed by atoms with Crippen molar-refractivity contribution in [2.45, 2.75) is 460 Å². The fraction of sp³-hybridized carbons (Fsp3) is 0.603. The lowest BCUT2D eigenvalue weighted by Gasteiger charge is -2.32. The van der Waals surface area contributed by atoms with Crippen molar-refractivity contribution in [3.63, 3.8) is 0 Å². The lowest BCUT2D eigenvalue weighted by atomic mass is 9.73. The van der Waals surface area contributed by atoms with Crippen molar-refractivity contribution in [2.75, 3.05) is 0 Å². The summed E-state index contributed by atoms with van der Waals surface area (Å²) >= 11 is 0. The molecule has 0 aliphatic heterocycles. The molecule has 8 aromatic rings. The van der Waals surface area contributed by atoms with Crippen molar-refractivity contribution in [3.8, 4) is 0 Å².